The average Bonchev–Trinajstić information content (AvgIpc) is 2.91. The lowest BCUT2D eigenvalue weighted by Gasteiger charge is -2.21. The van der Waals surface area contributed by atoms with E-state index in [2.05, 4.69) is 25.7 Å². The van der Waals surface area contributed by atoms with Gasteiger partial charge >= 0.3 is 0 Å². The Bertz CT molecular complexity index is 512. The monoisotopic (exact) mass is 364 g/mol. The van der Waals surface area contributed by atoms with Gasteiger partial charge in [-0.15, -0.1) is 0 Å². The number of aliphatic hydroxyl groups is 1. The quantitative estimate of drug-likeness (QED) is 0.245. The summed E-state index contributed by atoms with van der Waals surface area (Å²) in [5.74, 6) is 6.33. The molecule has 1 saturated heterocycles. The van der Waals surface area contributed by atoms with E-state index in [1.54, 1.807) is 6.92 Å². The smallest absolute Gasteiger partial charge is 0.265 e. The summed E-state index contributed by atoms with van der Waals surface area (Å²) in [7, 11) is 0. The summed E-state index contributed by atoms with van der Waals surface area (Å²) in [6.45, 7) is 8.01. The van der Waals surface area contributed by atoms with Crippen molar-refractivity contribution in [3.8, 4) is 11.8 Å². The highest BCUT2D eigenvalue weighted by Gasteiger charge is 2.41. The Morgan fingerprint density at radius 2 is 1.81 bits per heavy atom. The van der Waals surface area contributed by atoms with Crippen molar-refractivity contribution in [2.24, 2.45) is 0 Å². The SMILES string of the molecule is CCCCCCC(C)(O)C#CC1O/C(=C/C=O)C(C)(CCCCCC)O1. The minimum absolute atomic E-state index is 0.533. The Kier molecular flexibility index (Phi) is 9.98. The molecule has 1 fully saturated rings. The largest absolute Gasteiger partial charge is 0.455 e. The van der Waals surface area contributed by atoms with Crippen molar-refractivity contribution in [2.45, 2.75) is 109 Å². The lowest BCUT2D eigenvalue weighted by molar-refractivity contribution is -0.104. The number of hydrogen-bond acceptors (Lipinski definition) is 4. The fourth-order valence-electron chi connectivity index (χ4n) is 3.14. The van der Waals surface area contributed by atoms with Gasteiger partial charge in [-0.2, -0.15) is 0 Å². The van der Waals surface area contributed by atoms with Crippen LogP contribution < -0.4 is 0 Å². The Morgan fingerprint density at radius 3 is 2.42 bits per heavy atom. The van der Waals surface area contributed by atoms with Gasteiger partial charge in [0.05, 0.1) is 0 Å². The van der Waals surface area contributed by atoms with Crippen molar-refractivity contribution in [1.29, 1.82) is 0 Å². The van der Waals surface area contributed by atoms with E-state index in [9.17, 15) is 9.90 Å². The molecule has 4 nitrogen and oxygen atoms in total. The molecule has 0 bridgehead atoms. The van der Waals surface area contributed by atoms with Crippen LogP contribution in [0.15, 0.2) is 11.8 Å². The molecule has 0 radical (unpaired) electrons. The zero-order valence-electron chi connectivity index (χ0n) is 17.0. The molecule has 1 N–H and O–H groups in total. The second-order valence-corrected chi connectivity index (χ2v) is 7.63. The molecule has 1 rings (SSSR count). The van der Waals surface area contributed by atoms with Crippen molar-refractivity contribution in [1.82, 2.24) is 0 Å². The number of rotatable bonds is 11. The van der Waals surface area contributed by atoms with Crippen LogP contribution in [0.2, 0.25) is 0 Å². The Labute approximate surface area is 159 Å². The molecule has 4 heteroatoms. The first kappa shape index (κ1) is 22.7. The zero-order chi connectivity index (χ0) is 19.5. The molecule has 1 aliphatic heterocycles. The van der Waals surface area contributed by atoms with Crippen LogP contribution >= 0.6 is 0 Å². The highest BCUT2D eigenvalue weighted by Crippen LogP contribution is 2.37. The van der Waals surface area contributed by atoms with Crippen molar-refractivity contribution >= 4 is 6.29 Å². The lowest BCUT2D eigenvalue weighted by Crippen LogP contribution is -2.27. The molecule has 3 unspecified atom stereocenters. The molecule has 0 spiro atoms. The van der Waals surface area contributed by atoms with Gasteiger partial charge in [-0.3, -0.25) is 4.79 Å². The van der Waals surface area contributed by atoms with Gasteiger partial charge in [0.25, 0.3) is 6.29 Å². The molecule has 0 aliphatic carbocycles. The van der Waals surface area contributed by atoms with Crippen LogP contribution in [0.3, 0.4) is 0 Å². The fraction of sp³-hybridized carbons (Fsp3) is 0.773. The summed E-state index contributed by atoms with van der Waals surface area (Å²) in [5, 5.41) is 10.4. The predicted octanol–water partition coefficient (Wildman–Crippen LogP) is 4.90. The molecule has 3 atom stereocenters. The Balaban J connectivity index is 2.66. The van der Waals surface area contributed by atoms with Gasteiger partial charge in [-0.1, -0.05) is 64.7 Å². The highest BCUT2D eigenvalue weighted by atomic mass is 16.7. The van der Waals surface area contributed by atoms with Crippen LogP contribution in [-0.2, 0) is 14.3 Å². The molecule has 26 heavy (non-hydrogen) atoms. The molecular formula is C22H36O4. The Morgan fingerprint density at radius 1 is 1.15 bits per heavy atom. The van der Waals surface area contributed by atoms with Crippen LogP contribution in [-0.4, -0.2) is 28.9 Å². The van der Waals surface area contributed by atoms with Crippen LogP contribution in [0.5, 0.6) is 0 Å². The number of carbonyl (C=O) groups excluding carboxylic acids is 1. The van der Waals surface area contributed by atoms with Gasteiger partial charge in [0.15, 0.2) is 0 Å². The first-order chi connectivity index (χ1) is 12.4. The molecular weight excluding hydrogens is 328 g/mol. The van der Waals surface area contributed by atoms with Gasteiger partial charge in [0, 0.05) is 6.08 Å². The molecule has 1 heterocycles. The van der Waals surface area contributed by atoms with Crippen molar-refractivity contribution in [3.63, 3.8) is 0 Å². The second-order valence-electron chi connectivity index (χ2n) is 7.63. The predicted molar refractivity (Wildman–Crippen MR) is 104 cm³/mol. The lowest BCUT2D eigenvalue weighted by atomic mass is 9.95. The molecule has 0 saturated carbocycles. The molecule has 0 aromatic rings. The first-order valence-electron chi connectivity index (χ1n) is 10.1. The van der Waals surface area contributed by atoms with Crippen LogP contribution in [0.1, 0.15) is 91.9 Å². The summed E-state index contributed by atoms with van der Waals surface area (Å²) >= 11 is 0. The number of ether oxygens (including phenoxy) is 2. The van der Waals surface area contributed by atoms with E-state index in [0.717, 1.165) is 38.4 Å². The van der Waals surface area contributed by atoms with Gasteiger partial charge in [-0.25, -0.2) is 0 Å². The maximum atomic E-state index is 10.9. The zero-order valence-corrected chi connectivity index (χ0v) is 17.0. The highest BCUT2D eigenvalue weighted by molar-refractivity contribution is 5.66. The summed E-state index contributed by atoms with van der Waals surface area (Å²) < 4.78 is 11.7. The van der Waals surface area contributed by atoms with Crippen molar-refractivity contribution in [3.05, 3.63) is 11.8 Å². The van der Waals surface area contributed by atoms with E-state index >= 15 is 0 Å². The van der Waals surface area contributed by atoms with E-state index in [1.165, 1.54) is 31.8 Å². The standard InChI is InChI=1S/C22H36O4/c1-5-7-9-11-15-21(3,24)17-13-20-25-19(14-18-23)22(4,26-20)16-12-10-8-6-2/h14,18,20,24H,5-12,15-16H2,1-4H3/b19-14+. The summed E-state index contributed by atoms with van der Waals surface area (Å²) in [6, 6.07) is 0. The summed E-state index contributed by atoms with van der Waals surface area (Å²) in [4.78, 5) is 10.9. The third-order valence-electron chi connectivity index (χ3n) is 4.83. The van der Waals surface area contributed by atoms with E-state index in [0.29, 0.717) is 12.2 Å². The molecule has 0 amide bonds. The van der Waals surface area contributed by atoms with Gasteiger partial charge in [0.2, 0.25) is 0 Å². The minimum atomic E-state index is -1.05. The summed E-state index contributed by atoms with van der Waals surface area (Å²) in [6.07, 6.45) is 11.7. The normalized spacial score (nSPS) is 26.0. The van der Waals surface area contributed by atoms with E-state index < -0.39 is 17.5 Å². The molecule has 1 aliphatic rings. The first-order valence-corrected chi connectivity index (χ1v) is 10.1. The molecule has 0 aromatic carbocycles. The average molecular weight is 365 g/mol. The summed E-state index contributed by atoms with van der Waals surface area (Å²) in [5.41, 5.74) is -1.67. The van der Waals surface area contributed by atoms with Gasteiger partial charge in [-0.05, 0) is 39.0 Å². The van der Waals surface area contributed by atoms with Gasteiger partial charge in [0.1, 0.15) is 23.2 Å². The third-order valence-corrected chi connectivity index (χ3v) is 4.83. The number of carbonyl (C=O) groups is 1. The minimum Gasteiger partial charge on any atom is -0.455 e. The van der Waals surface area contributed by atoms with Crippen LogP contribution in [0, 0.1) is 11.8 Å². The number of allylic oxidation sites excluding steroid dienone is 1. The molecule has 0 aromatic heterocycles. The van der Waals surface area contributed by atoms with E-state index in [4.69, 9.17) is 9.47 Å². The maximum Gasteiger partial charge on any atom is 0.265 e. The van der Waals surface area contributed by atoms with Gasteiger partial charge < -0.3 is 14.6 Å². The van der Waals surface area contributed by atoms with Crippen LogP contribution in [0.25, 0.3) is 0 Å². The van der Waals surface area contributed by atoms with Crippen molar-refractivity contribution in [2.75, 3.05) is 0 Å². The number of unbranched alkanes of at least 4 members (excludes halogenated alkanes) is 6. The maximum absolute atomic E-state index is 10.9. The third kappa shape index (κ3) is 7.93. The fourth-order valence-corrected chi connectivity index (χ4v) is 3.14. The topological polar surface area (TPSA) is 55.8 Å². The van der Waals surface area contributed by atoms with Crippen LogP contribution in [0.4, 0.5) is 0 Å². The second kappa shape index (κ2) is 11.4. The Hall–Kier alpha value is -1.31. The molecule has 148 valence electrons. The van der Waals surface area contributed by atoms with E-state index in [-0.39, 0.29) is 0 Å². The van der Waals surface area contributed by atoms with Crippen molar-refractivity contribution < 1.29 is 19.4 Å². The number of hydrogen-bond donors (Lipinski definition) is 1. The van der Waals surface area contributed by atoms with E-state index in [1.807, 2.05) is 6.92 Å². The number of aldehydes is 1.